The zero-order chi connectivity index (χ0) is 38.3. The molecule has 2 saturated carbocycles. The molecule has 11 nitrogen and oxygen atoms in total. The predicted octanol–water partition coefficient (Wildman–Crippen LogP) is 5.84. The molecule has 0 bridgehead atoms. The van der Waals surface area contributed by atoms with Gasteiger partial charge in [-0.3, -0.25) is 24.0 Å². The van der Waals surface area contributed by atoms with Gasteiger partial charge in [0.05, 0.1) is 36.9 Å². The van der Waals surface area contributed by atoms with Gasteiger partial charge < -0.3 is 28.4 Å². The Morgan fingerprint density at radius 2 is 1.27 bits per heavy atom. The summed E-state index contributed by atoms with van der Waals surface area (Å²) >= 11 is 0. The number of rotatable bonds is 6. The molecule has 3 heterocycles. The van der Waals surface area contributed by atoms with Gasteiger partial charge in [-0.1, -0.05) is 77.9 Å². The van der Waals surface area contributed by atoms with Gasteiger partial charge in [-0.15, -0.1) is 0 Å². The Bertz CT molecular complexity index is 1860. The quantitative estimate of drug-likeness (QED) is 0.200. The Balaban J connectivity index is 0.000000156. The normalized spacial score (nSPS) is 34.0. The lowest BCUT2D eigenvalue weighted by atomic mass is 9.61. The maximum absolute atomic E-state index is 13.3. The van der Waals surface area contributed by atoms with Crippen LogP contribution in [0.1, 0.15) is 63.5 Å². The summed E-state index contributed by atoms with van der Waals surface area (Å²) in [5, 5.41) is 0. The monoisotopic (exact) mass is 752 g/mol. The molecule has 3 aliphatic heterocycles. The van der Waals surface area contributed by atoms with Gasteiger partial charge in [-0.2, -0.15) is 0 Å². The fraction of sp³-hybridized carbons (Fsp3) is 0.523. The third kappa shape index (κ3) is 7.40. The van der Waals surface area contributed by atoms with Crippen molar-refractivity contribution in [2.24, 2.45) is 47.3 Å². The zero-order valence-electron chi connectivity index (χ0n) is 31.3. The van der Waals surface area contributed by atoms with Crippen LogP contribution in [0.2, 0.25) is 0 Å². The molecule has 290 valence electrons. The number of hydrogen-bond donors (Lipinski definition) is 0. The van der Waals surface area contributed by atoms with E-state index >= 15 is 0 Å². The molecular weight excluding hydrogens is 704 g/mol. The lowest BCUT2D eigenvalue weighted by Gasteiger charge is -2.44. The van der Waals surface area contributed by atoms with Gasteiger partial charge in [0, 0.05) is 31.1 Å². The summed E-state index contributed by atoms with van der Waals surface area (Å²) in [7, 11) is 0. The molecule has 11 heteroatoms. The summed E-state index contributed by atoms with van der Waals surface area (Å²) < 4.78 is 34.1. The number of allylic oxidation sites excluding steroid dienone is 2. The largest absolute Gasteiger partial charge is 0.462 e. The molecule has 0 radical (unpaired) electrons. The summed E-state index contributed by atoms with van der Waals surface area (Å²) in [5.41, 5.74) is 3.86. The lowest BCUT2D eigenvalue weighted by molar-refractivity contribution is -0.179. The molecule has 0 amide bonds. The number of esters is 4. The van der Waals surface area contributed by atoms with Gasteiger partial charge in [0.15, 0.2) is 11.6 Å². The average Bonchev–Trinajstić information content (AvgIpc) is 3.85. The van der Waals surface area contributed by atoms with Crippen molar-refractivity contribution in [3.63, 3.8) is 0 Å². The van der Waals surface area contributed by atoms with Crippen molar-refractivity contribution in [1.29, 1.82) is 0 Å². The minimum absolute atomic E-state index is 0.0332. The van der Waals surface area contributed by atoms with Gasteiger partial charge in [0.1, 0.15) is 25.4 Å². The highest BCUT2D eigenvalue weighted by Crippen LogP contribution is 2.54. The maximum atomic E-state index is 13.3. The maximum Gasteiger partial charge on any atom is 0.313 e. The molecule has 10 atom stereocenters. The van der Waals surface area contributed by atoms with E-state index in [4.69, 9.17) is 28.4 Å². The van der Waals surface area contributed by atoms with E-state index in [1.807, 2.05) is 80.6 Å². The van der Waals surface area contributed by atoms with Crippen LogP contribution < -0.4 is 0 Å². The van der Waals surface area contributed by atoms with E-state index < -0.39 is 17.6 Å². The first-order valence-corrected chi connectivity index (χ1v) is 19.6. The minimum atomic E-state index is -0.595. The molecule has 5 fully saturated rings. The molecule has 2 aromatic rings. The molecule has 4 aliphatic carbocycles. The standard InChI is InChI=1S/C23H26O6.C21H22O5/c1-14-19-18(21(24)29-14)11-16-12-23(27-9-10-28-23)8-7-17(16)20(19)22(25)26-13-15-5-3-2-4-6-15;1-12-18-17(20(23)26-12)10-14-9-15(22)7-8-16(14)19(18)21(24)25-11-13-5-3-2-4-6-13/h2-6,11,14,17-20H,7-10,12-13H2,1H3;2-6,9,12,16-19H,7-8,10-11H2,1H3/t14-,17-,18-,19-,20+;12-,16-,17-,18-,19+/m11/s1. The van der Waals surface area contributed by atoms with Crippen LogP contribution in [0.3, 0.4) is 0 Å². The van der Waals surface area contributed by atoms with E-state index in [1.165, 1.54) is 0 Å². The van der Waals surface area contributed by atoms with Crippen LogP contribution in [-0.2, 0) is 65.6 Å². The van der Waals surface area contributed by atoms with E-state index in [1.54, 1.807) is 6.08 Å². The molecular formula is C44H48O11. The van der Waals surface area contributed by atoms with Crippen LogP contribution in [0.4, 0.5) is 0 Å². The Kier molecular flexibility index (Phi) is 10.5. The van der Waals surface area contributed by atoms with E-state index in [0.717, 1.165) is 35.1 Å². The zero-order valence-corrected chi connectivity index (χ0v) is 31.3. The summed E-state index contributed by atoms with van der Waals surface area (Å²) in [5.74, 6) is -3.50. The van der Waals surface area contributed by atoms with E-state index in [0.29, 0.717) is 38.9 Å². The van der Waals surface area contributed by atoms with Crippen molar-refractivity contribution in [2.45, 2.75) is 83.6 Å². The van der Waals surface area contributed by atoms with Gasteiger partial charge in [0.2, 0.25) is 0 Å². The van der Waals surface area contributed by atoms with Crippen LogP contribution in [-0.4, -0.2) is 60.9 Å². The molecule has 3 saturated heterocycles. The topological polar surface area (TPSA) is 141 Å². The number of cyclic esters (lactones) is 2. The highest BCUT2D eigenvalue weighted by molar-refractivity contribution is 5.92. The van der Waals surface area contributed by atoms with E-state index in [2.05, 4.69) is 0 Å². The number of fused-ring (bicyclic) bond motifs is 4. The van der Waals surface area contributed by atoms with Crippen molar-refractivity contribution in [3.8, 4) is 0 Å². The number of carbonyl (C=O) groups is 5. The predicted molar refractivity (Wildman–Crippen MR) is 195 cm³/mol. The second kappa shape index (κ2) is 15.5. The van der Waals surface area contributed by atoms with Gasteiger partial charge in [-0.05, 0) is 62.1 Å². The number of benzene rings is 2. The number of hydrogen-bond acceptors (Lipinski definition) is 11. The Hall–Kier alpha value is -4.61. The van der Waals surface area contributed by atoms with Gasteiger partial charge in [0.25, 0.3) is 0 Å². The molecule has 0 N–H and O–H groups in total. The Morgan fingerprint density at radius 3 is 1.91 bits per heavy atom. The first-order valence-electron chi connectivity index (χ1n) is 19.6. The lowest BCUT2D eigenvalue weighted by Crippen LogP contribution is -2.47. The van der Waals surface area contributed by atoms with Gasteiger partial charge in [-0.25, -0.2) is 0 Å². The van der Waals surface area contributed by atoms with Crippen molar-refractivity contribution < 1.29 is 52.4 Å². The molecule has 9 rings (SSSR count). The van der Waals surface area contributed by atoms with Crippen LogP contribution in [0.15, 0.2) is 84.0 Å². The summed E-state index contributed by atoms with van der Waals surface area (Å²) in [6.07, 6.45) is 6.79. The van der Waals surface area contributed by atoms with Gasteiger partial charge >= 0.3 is 23.9 Å². The fourth-order valence-corrected chi connectivity index (χ4v) is 10.3. The molecule has 7 aliphatic rings. The minimum Gasteiger partial charge on any atom is -0.462 e. The van der Waals surface area contributed by atoms with Crippen LogP contribution in [0, 0.1) is 47.3 Å². The third-order valence-electron chi connectivity index (χ3n) is 12.8. The molecule has 2 aromatic carbocycles. The van der Waals surface area contributed by atoms with E-state index in [-0.39, 0.29) is 90.6 Å². The smallest absolute Gasteiger partial charge is 0.313 e. The summed E-state index contributed by atoms with van der Waals surface area (Å²) in [4.78, 5) is 62.8. The molecule has 1 spiro atoms. The van der Waals surface area contributed by atoms with E-state index in [9.17, 15) is 24.0 Å². The SMILES string of the molecule is C[C@H]1OC(=O)[C@@H]2C=C3CC4(CC[C@H]3[C@H](C(=O)OCc3ccccc3)[C@H]12)OCCO4.C[C@H]1OC(=O)[C@@H]2CC3=CC(=O)CC[C@H]3[C@H](C(=O)OCc3ccccc3)[C@H]12. The summed E-state index contributed by atoms with van der Waals surface area (Å²) in [6.45, 7) is 5.35. The second-order valence-corrected chi connectivity index (χ2v) is 16.0. The highest BCUT2D eigenvalue weighted by atomic mass is 16.7. The number of carbonyl (C=O) groups excluding carboxylic acids is 5. The van der Waals surface area contributed by atoms with Crippen LogP contribution in [0.5, 0.6) is 0 Å². The fourth-order valence-electron chi connectivity index (χ4n) is 10.3. The Morgan fingerprint density at radius 1 is 0.709 bits per heavy atom. The third-order valence-corrected chi connectivity index (χ3v) is 12.8. The first kappa shape index (κ1) is 37.3. The number of ketones is 1. The first-order chi connectivity index (χ1) is 26.6. The van der Waals surface area contributed by atoms with Crippen molar-refractivity contribution >= 4 is 29.7 Å². The second-order valence-electron chi connectivity index (χ2n) is 16.0. The van der Waals surface area contributed by atoms with Crippen LogP contribution in [0.25, 0.3) is 0 Å². The molecule has 55 heavy (non-hydrogen) atoms. The van der Waals surface area contributed by atoms with Crippen molar-refractivity contribution in [1.82, 2.24) is 0 Å². The van der Waals surface area contributed by atoms with Crippen molar-refractivity contribution in [3.05, 3.63) is 95.1 Å². The molecule has 0 aromatic heterocycles. The summed E-state index contributed by atoms with van der Waals surface area (Å²) in [6, 6.07) is 19.2. The molecule has 0 unspecified atom stereocenters. The highest BCUT2D eigenvalue weighted by Gasteiger charge is 2.58. The number of ether oxygens (including phenoxy) is 6. The van der Waals surface area contributed by atoms with Crippen molar-refractivity contribution in [2.75, 3.05) is 13.2 Å². The Labute approximate surface area is 320 Å². The van der Waals surface area contributed by atoms with Crippen LogP contribution >= 0.6 is 0 Å². The average molecular weight is 753 g/mol.